The number of hydrogen-bond donors (Lipinski definition) is 5. The quantitative estimate of drug-likeness (QED) is 0.0218. The number of thiazole rings is 1. The number of benzene rings is 5. The third-order valence-corrected chi connectivity index (χ3v) is 16.7. The maximum Gasteiger partial charge on any atom is 0.425 e. The van der Waals surface area contributed by atoms with Gasteiger partial charge in [0.1, 0.15) is 50.6 Å². The van der Waals surface area contributed by atoms with Crippen LogP contribution in [0.3, 0.4) is 0 Å². The summed E-state index contributed by atoms with van der Waals surface area (Å²) in [5, 5.41) is 47.8. The van der Waals surface area contributed by atoms with E-state index in [4.69, 9.17) is 46.3 Å². The number of methoxy groups -OCH3 is 1. The van der Waals surface area contributed by atoms with Crippen LogP contribution >= 0.6 is 34.7 Å². The van der Waals surface area contributed by atoms with Gasteiger partial charge >= 0.3 is 21.2 Å². The Morgan fingerprint density at radius 2 is 1.37 bits per heavy atom. The van der Waals surface area contributed by atoms with Crippen LogP contribution in [-0.4, -0.2) is 128 Å². The van der Waals surface area contributed by atoms with E-state index in [1.54, 1.807) is 32.0 Å². The van der Waals surface area contributed by atoms with Gasteiger partial charge < -0.3 is 14.6 Å². The highest BCUT2D eigenvalue weighted by molar-refractivity contribution is 7.99. The van der Waals surface area contributed by atoms with Crippen LogP contribution in [0.25, 0.3) is 37.7 Å². The van der Waals surface area contributed by atoms with Gasteiger partial charge in [-0.25, -0.2) is 9.97 Å². The Kier molecular flexibility index (Phi) is 21.1. The highest BCUT2D eigenvalue weighted by Crippen LogP contribution is 2.45. The van der Waals surface area contributed by atoms with Crippen molar-refractivity contribution in [2.45, 2.75) is 41.4 Å². The molecule has 8 rings (SSSR count). The average molecular weight is 1330 g/mol. The molecular formula is C44H37ClN10O21S8. The van der Waals surface area contributed by atoms with E-state index in [-0.39, 0.29) is 107 Å². The van der Waals surface area contributed by atoms with Gasteiger partial charge in [0.05, 0.1) is 56.6 Å². The van der Waals surface area contributed by atoms with Crippen LogP contribution < -0.4 is 9.47 Å². The predicted octanol–water partition coefficient (Wildman–Crippen LogP) is 8.86. The number of aromatic nitrogens is 3. The smallest absolute Gasteiger partial charge is 0.425 e. The van der Waals surface area contributed by atoms with Gasteiger partial charge in [0, 0.05) is 28.0 Å². The lowest BCUT2D eigenvalue weighted by atomic mass is 10.1. The van der Waals surface area contributed by atoms with Gasteiger partial charge in [-0.3, -0.25) is 22.6 Å². The first kappa shape index (κ1) is 65.6. The van der Waals surface area contributed by atoms with Crippen molar-refractivity contribution in [3.8, 4) is 23.4 Å². The van der Waals surface area contributed by atoms with Crippen molar-refractivity contribution >= 4 is 168 Å². The molecule has 0 bridgehead atoms. The second-order valence-electron chi connectivity index (χ2n) is 16.7. The van der Waals surface area contributed by atoms with E-state index in [9.17, 15) is 62.3 Å². The zero-order valence-corrected chi connectivity index (χ0v) is 49.8. The van der Waals surface area contributed by atoms with Crippen LogP contribution in [0.15, 0.2) is 112 Å². The molecular weight excluding hydrogens is 1300 g/mol. The number of hydrogen-bond acceptors (Lipinski definition) is 28. The molecule has 0 radical (unpaired) electrons. The van der Waals surface area contributed by atoms with E-state index in [0.29, 0.717) is 27.2 Å². The fourth-order valence-corrected chi connectivity index (χ4v) is 11.9. The number of ether oxygens (including phenoxy) is 2. The average Bonchev–Trinajstić information content (AvgIpc) is 1.98. The Bertz CT molecular complexity index is 4790. The molecule has 0 unspecified atom stereocenters. The van der Waals surface area contributed by atoms with Gasteiger partial charge in [-0.2, -0.15) is 44.0 Å². The summed E-state index contributed by atoms with van der Waals surface area (Å²) in [5.41, 5.74) is 1.80. The van der Waals surface area contributed by atoms with Crippen LogP contribution in [0, 0.1) is 25.2 Å². The third-order valence-electron chi connectivity index (χ3n) is 11.0. The monoisotopic (exact) mass is 1330 g/mol. The van der Waals surface area contributed by atoms with Gasteiger partial charge in [0.2, 0.25) is 11.0 Å². The van der Waals surface area contributed by atoms with E-state index in [2.05, 4.69) is 46.7 Å². The van der Waals surface area contributed by atoms with Crippen LogP contribution in [0.5, 0.6) is 17.4 Å². The Morgan fingerprint density at radius 1 is 0.738 bits per heavy atom. The molecule has 0 amide bonds. The van der Waals surface area contributed by atoms with Gasteiger partial charge in [-0.05, 0) is 91.9 Å². The number of halogens is 1. The summed E-state index contributed by atoms with van der Waals surface area (Å²) in [5.74, 6) is -0.993. The topological polar surface area (TPSA) is 487 Å². The first-order valence-corrected chi connectivity index (χ1v) is 32.8. The van der Waals surface area contributed by atoms with Gasteiger partial charge in [0.25, 0.3) is 40.5 Å². The first-order chi connectivity index (χ1) is 39.2. The van der Waals surface area contributed by atoms with Crippen molar-refractivity contribution in [2.75, 3.05) is 31.0 Å². The molecule has 8 aromatic rings. The number of pyridine rings is 1. The zero-order valence-electron chi connectivity index (χ0n) is 42.5. The summed E-state index contributed by atoms with van der Waals surface area (Å²) in [7, 11) is -23.0. The molecule has 0 aliphatic carbocycles. The van der Waals surface area contributed by atoms with E-state index in [1.165, 1.54) is 41.8 Å². The molecule has 5 aromatic carbocycles. The summed E-state index contributed by atoms with van der Waals surface area (Å²) in [4.78, 5) is 7.98. The highest BCUT2D eigenvalue weighted by Gasteiger charge is 2.24. The Morgan fingerprint density at radius 3 is 1.99 bits per heavy atom. The number of aromatic hydroxyl groups is 1. The van der Waals surface area contributed by atoms with Crippen LogP contribution in [0.2, 0.25) is 5.02 Å². The maximum atomic E-state index is 12.4. The second kappa shape index (κ2) is 27.0. The lowest BCUT2D eigenvalue weighted by Crippen LogP contribution is -2.08. The Labute approximate surface area is 490 Å². The number of nitriles is 1. The molecule has 444 valence electrons. The van der Waals surface area contributed by atoms with Gasteiger partial charge in [0.15, 0.2) is 11.3 Å². The van der Waals surface area contributed by atoms with Crippen LogP contribution in [0.4, 0.5) is 33.6 Å². The zero-order chi connectivity index (χ0) is 62.2. The number of rotatable bonds is 19. The summed E-state index contributed by atoms with van der Waals surface area (Å²) < 4.78 is 197. The molecule has 0 aliphatic rings. The van der Waals surface area contributed by atoms with Crippen molar-refractivity contribution < 1.29 is 91.7 Å². The molecule has 0 saturated carbocycles. The van der Waals surface area contributed by atoms with E-state index >= 15 is 0 Å². The minimum absolute atomic E-state index is 0.000850. The van der Waals surface area contributed by atoms with Gasteiger partial charge in [-0.1, -0.05) is 29.0 Å². The molecule has 40 heteroatoms. The van der Waals surface area contributed by atoms with E-state index in [0.717, 1.165) is 41.3 Å². The minimum atomic E-state index is -4.88. The molecule has 84 heavy (non-hydrogen) atoms. The van der Waals surface area contributed by atoms with E-state index in [1.807, 2.05) is 0 Å². The van der Waals surface area contributed by atoms with Crippen molar-refractivity contribution in [3.63, 3.8) is 0 Å². The van der Waals surface area contributed by atoms with Crippen molar-refractivity contribution in [1.29, 1.82) is 5.26 Å². The van der Waals surface area contributed by atoms with Crippen LogP contribution in [0.1, 0.15) is 29.5 Å². The molecule has 31 nitrogen and oxygen atoms in total. The minimum Gasteiger partial charge on any atom is -0.497 e. The molecule has 0 fully saturated rings. The normalized spacial score (nSPS) is 12.2. The molecule has 0 spiro atoms. The number of aryl methyl sites for hydroxylation is 1. The molecule has 5 N–H and O–H groups in total. The highest BCUT2D eigenvalue weighted by atomic mass is 35.5. The number of thioether (sulfide) groups is 1. The van der Waals surface area contributed by atoms with Gasteiger partial charge in [-0.15, -0.1) is 62.6 Å². The molecule has 0 aliphatic heterocycles. The molecule has 3 aromatic heterocycles. The summed E-state index contributed by atoms with van der Waals surface area (Å²) in [6, 6.07) is 17.2. The summed E-state index contributed by atoms with van der Waals surface area (Å²) in [6.07, 6.45) is -0.167. The predicted molar refractivity (Wildman–Crippen MR) is 300 cm³/mol. The Hall–Kier alpha value is -7.59. The van der Waals surface area contributed by atoms with Crippen molar-refractivity contribution in [1.82, 2.24) is 14.4 Å². The van der Waals surface area contributed by atoms with Crippen LogP contribution in [-0.2, 0) is 61.7 Å². The fraction of sp³-hybridized carbons (Fsp3) is 0.205. The molecule has 0 atom stereocenters. The van der Waals surface area contributed by atoms with E-state index < -0.39 is 88.9 Å². The number of nitrogens with zero attached hydrogens (tertiary/aromatic N) is 10. The lowest BCUT2D eigenvalue weighted by molar-refractivity contribution is 0.317. The Balaban J connectivity index is 0.00000133. The molecule has 0 saturated heterocycles. The fourth-order valence-electron chi connectivity index (χ4n) is 7.43. The standard InChI is InChI=1S/C44H37ClN10O15S6.2O3S/c1-22-14-33(51-53-39-23(2)28(21-46)42-47-32-16-25(69-3)7-9-35(32)55(42)43(39)56)36(70-10-4-12-73(57,58)59)19-30(22)49-52-34-18-29(45)31(20-37(34)71-11-5-13-74(60,61)62)50-54-44-48-40-38(76(66,67)68)15-24-6-8-26(75(63,64)65)17-27(24)41(40)72-44;2*1-4(2)3/h6-9,14-20,56H,4-5,10-13H2,1-3H3,(H,57,58,59)(H,60,61,62)(H,63,64,65)(H,66,67,68);;. The summed E-state index contributed by atoms with van der Waals surface area (Å²) >= 11 is 8.56. The SMILES string of the molecule is COc1ccc2c(c1)nc1c(C#N)c(C)c(N=Nc3cc(C)c(N=Nc4cc(Cl)c(N=Nc5nc6c(S(=O)(=O)O)cc7ccc(S(=O)(=O)O)cc7c6s5)cc4SCCCS(=O)(=O)O)cc3OCCCS(=O)(=O)O)c(O)n12.O=S(=O)=O.O=S(=O)=O. The number of azo groups is 3. The van der Waals surface area contributed by atoms with Crippen molar-refractivity contribution in [2.24, 2.45) is 30.7 Å². The number of fused-ring (bicyclic) bond motifs is 6. The third kappa shape index (κ3) is 17.0. The largest absolute Gasteiger partial charge is 0.497 e. The first-order valence-electron chi connectivity index (χ1n) is 22.6. The second-order valence-corrected chi connectivity index (χ2v) is 25.9. The lowest BCUT2D eigenvalue weighted by Gasteiger charge is -2.12. The summed E-state index contributed by atoms with van der Waals surface area (Å²) in [6.45, 7) is 2.95. The van der Waals surface area contributed by atoms with Crippen molar-refractivity contribution in [3.05, 3.63) is 88.4 Å². The molecule has 3 heterocycles. The number of imidazole rings is 1. The maximum absolute atomic E-state index is 12.4.